The Bertz CT molecular complexity index is 573. The lowest BCUT2D eigenvalue weighted by molar-refractivity contribution is -0.142. The minimum atomic E-state index is -0.991. The summed E-state index contributed by atoms with van der Waals surface area (Å²) in [5, 5.41) is 13.5. The fourth-order valence-corrected chi connectivity index (χ4v) is 2.80. The Hall–Kier alpha value is -2.00. The lowest BCUT2D eigenvalue weighted by Gasteiger charge is -2.25. The van der Waals surface area contributed by atoms with E-state index in [2.05, 4.69) is 10.3 Å². The van der Waals surface area contributed by atoms with Gasteiger partial charge in [0.1, 0.15) is 11.6 Å². The van der Waals surface area contributed by atoms with Crippen molar-refractivity contribution < 1.29 is 24.2 Å². The Kier molecular flexibility index (Phi) is 4.53. The number of ether oxygens (including phenoxy) is 1. The number of rotatable bonds is 4. The summed E-state index contributed by atoms with van der Waals surface area (Å²) < 4.78 is 5.15. The molecule has 1 fully saturated rings. The third-order valence-electron chi connectivity index (χ3n) is 3.19. The number of hydrogen-bond donors (Lipinski definition) is 2. The largest absolute Gasteiger partial charge is 0.481 e. The molecule has 2 amide bonds. The van der Waals surface area contributed by atoms with Crippen LogP contribution in [0, 0.1) is 5.92 Å². The zero-order chi connectivity index (χ0) is 15.6. The van der Waals surface area contributed by atoms with Crippen molar-refractivity contribution in [2.24, 2.45) is 5.92 Å². The summed E-state index contributed by atoms with van der Waals surface area (Å²) in [6, 6.07) is -0.527. The summed E-state index contributed by atoms with van der Waals surface area (Å²) in [4.78, 5) is 39.7. The zero-order valence-electron chi connectivity index (χ0n) is 11.5. The molecule has 9 heteroatoms. The van der Waals surface area contributed by atoms with Gasteiger partial charge in [-0.15, -0.1) is 11.3 Å². The van der Waals surface area contributed by atoms with Gasteiger partial charge < -0.3 is 20.1 Å². The quantitative estimate of drug-likeness (QED) is 0.826. The normalized spacial score (nSPS) is 21.0. The molecule has 0 aliphatic carbocycles. The summed E-state index contributed by atoms with van der Waals surface area (Å²) in [5.41, 5.74) is 0.169. The molecule has 0 aromatic carbocycles. The van der Waals surface area contributed by atoms with Crippen LogP contribution in [0.5, 0.6) is 0 Å². The van der Waals surface area contributed by atoms with E-state index in [4.69, 9.17) is 9.84 Å². The minimum absolute atomic E-state index is 0.0891. The SMILES string of the molecule is CC(=O)Nc1nc(C(=O)N(C)C2COCC2C(=O)O)cs1. The zero-order valence-corrected chi connectivity index (χ0v) is 12.3. The Labute approximate surface area is 124 Å². The van der Waals surface area contributed by atoms with Crippen LogP contribution < -0.4 is 5.32 Å². The van der Waals surface area contributed by atoms with Gasteiger partial charge in [-0.2, -0.15) is 0 Å². The number of likely N-dealkylation sites (N-methyl/N-ethyl adjacent to an activating group) is 1. The molecule has 2 unspecified atom stereocenters. The van der Waals surface area contributed by atoms with Crippen molar-refractivity contribution in [2.45, 2.75) is 13.0 Å². The molecule has 1 aliphatic rings. The van der Waals surface area contributed by atoms with Gasteiger partial charge in [0, 0.05) is 19.4 Å². The first kappa shape index (κ1) is 15.4. The summed E-state index contributed by atoms with van der Waals surface area (Å²) >= 11 is 1.14. The number of carbonyl (C=O) groups is 3. The molecule has 8 nitrogen and oxygen atoms in total. The number of hydrogen-bond acceptors (Lipinski definition) is 6. The average molecular weight is 313 g/mol. The molecule has 1 aromatic heterocycles. The molecule has 2 rings (SSSR count). The average Bonchev–Trinajstić information content (AvgIpc) is 3.04. The molecule has 1 saturated heterocycles. The van der Waals surface area contributed by atoms with Gasteiger partial charge in [-0.3, -0.25) is 14.4 Å². The maximum Gasteiger partial charge on any atom is 0.311 e. The molecule has 0 saturated carbocycles. The summed E-state index contributed by atoms with van der Waals surface area (Å²) in [6.07, 6.45) is 0. The number of carbonyl (C=O) groups excluding carboxylic acids is 2. The first-order valence-corrected chi connectivity index (χ1v) is 7.09. The Balaban J connectivity index is 2.10. The number of nitrogens with one attached hydrogen (secondary N) is 1. The highest BCUT2D eigenvalue weighted by molar-refractivity contribution is 7.14. The highest BCUT2D eigenvalue weighted by Crippen LogP contribution is 2.22. The summed E-state index contributed by atoms with van der Waals surface area (Å²) in [6.45, 7) is 1.62. The van der Waals surface area contributed by atoms with Crippen LogP contribution in [0.1, 0.15) is 17.4 Å². The van der Waals surface area contributed by atoms with E-state index >= 15 is 0 Å². The van der Waals surface area contributed by atoms with E-state index in [1.165, 1.54) is 24.3 Å². The second-order valence-corrected chi connectivity index (χ2v) is 5.54. The van der Waals surface area contributed by atoms with Crippen LogP contribution in [0.3, 0.4) is 0 Å². The predicted molar refractivity (Wildman–Crippen MR) is 74.2 cm³/mol. The lowest BCUT2D eigenvalue weighted by Crippen LogP contribution is -2.44. The van der Waals surface area contributed by atoms with E-state index in [1.807, 2.05) is 0 Å². The molecule has 2 heterocycles. The van der Waals surface area contributed by atoms with Crippen LogP contribution in [0.2, 0.25) is 0 Å². The van der Waals surface area contributed by atoms with Crippen molar-refractivity contribution in [2.75, 3.05) is 25.6 Å². The number of aliphatic carboxylic acids is 1. The Morgan fingerprint density at radius 1 is 1.48 bits per heavy atom. The smallest absolute Gasteiger partial charge is 0.311 e. The van der Waals surface area contributed by atoms with Crippen LogP contribution >= 0.6 is 11.3 Å². The number of aromatic nitrogens is 1. The van der Waals surface area contributed by atoms with Gasteiger partial charge in [0.25, 0.3) is 5.91 Å². The predicted octanol–water partition coefficient (Wildman–Crippen LogP) is 0.273. The molecule has 0 radical (unpaired) electrons. The molecule has 0 bridgehead atoms. The second-order valence-electron chi connectivity index (χ2n) is 4.68. The third kappa shape index (κ3) is 3.37. The minimum Gasteiger partial charge on any atom is -0.481 e. The lowest BCUT2D eigenvalue weighted by atomic mass is 10.0. The second kappa shape index (κ2) is 6.19. The number of carboxylic acid groups (broad SMARTS) is 1. The van der Waals surface area contributed by atoms with Crippen molar-refractivity contribution in [3.8, 4) is 0 Å². The van der Waals surface area contributed by atoms with E-state index in [0.717, 1.165) is 11.3 Å². The summed E-state index contributed by atoms with van der Waals surface area (Å²) in [7, 11) is 1.52. The van der Waals surface area contributed by atoms with Crippen LogP contribution in [0.15, 0.2) is 5.38 Å². The van der Waals surface area contributed by atoms with Crippen molar-refractivity contribution in [1.29, 1.82) is 0 Å². The molecule has 2 N–H and O–H groups in total. The molecule has 21 heavy (non-hydrogen) atoms. The van der Waals surface area contributed by atoms with Gasteiger partial charge in [0.05, 0.1) is 19.3 Å². The van der Waals surface area contributed by atoms with E-state index in [9.17, 15) is 14.4 Å². The van der Waals surface area contributed by atoms with Crippen LogP contribution in [-0.4, -0.2) is 59.1 Å². The highest BCUT2D eigenvalue weighted by Gasteiger charge is 2.39. The van der Waals surface area contributed by atoms with Gasteiger partial charge >= 0.3 is 5.97 Å². The standard InChI is InChI=1S/C12H15N3O5S/c1-6(16)13-12-14-8(5-21-12)10(17)15(2)9-4-20-3-7(9)11(18)19/h5,7,9H,3-4H2,1-2H3,(H,18,19)(H,13,14,16). The van der Waals surface area contributed by atoms with Gasteiger partial charge in [0.15, 0.2) is 5.13 Å². The van der Waals surface area contributed by atoms with Gasteiger partial charge in [-0.1, -0.05) is 0 Å². The van der Waals surface area contributed by atoms with Crippen LogP contribution in [0.25, 0.3) is 0 Å². The topological polar surface area (TPSA) is 109 Å². The van der Waals surface area contributed by atoms with Crippen LogP contribution in [-0.2, 0) is 14.3 Å². The van der Waals surface area contributed by atoms with Gasteiger partial charge in [0.2, 0.25) is 5.91 Å². The molecular weight excluding hydrogens is 298 g/mol. The first-order chi connectivity index (χ1) is 9.90. The maximum absolute atomic E-state index is 12.3. The first-order valence-electron chi connectivity index (χ1n) is 6.21. The number of anilines is 1. The monoisotopic (exact) mass is 313 g/mol. The van der Waals surface area contributed by atoms with Gasteiger partial charge in [-0.25, -0.2) is 4.98 Å². The van der Waals surface area contributed by atoms with Crippen LogP contribution in [0.4, 0.5) is 5.13 Å². The summed E-state index contributed by atoms with van der Waals surface area (Å²) in [5.74, 6) is -2.40. The van der Waals surface area contributed by atoms with Gasteiger partial charge in [-0.05, 0) is 0 Å². The van der Waals surface area contributed by atoms with E-state index in [0.29, 0.717) is 5.13 Å². The highest BCUT2D eigenvalue weighted by atomic mass is 32.1. The van der Waals surface area contributed by atoms with E-state index in [-0.39, 0.29) is 24.8 Å². The molecule has 1 aromatic rings. The number of nitrogens with zero attached hydrogens (tertiary/aromatic N) is 2. The van der Waals surface area contributed by atoms with Crippen molar-refractivity contribution in [1.82, 2.24) is 9.88 Å². The molecular formula is C12H15N3O5S. The van der Waals surface area contributed by atoms with E-state index in [1.54, 1.807) is 0 Å². The van der Waals surface area contributed by atoms with E-state index < -0.39 is 23.8 Å². The molecule has 0 spiro atoms. The molecule has 114 valence electrons. The maximum atomic E-state index is 12.3. The number of amides is 2. The number of carboxylic acids is 1. The fourth-order valence-electron chi connectivity index (χ4n) is 2.07. The van der Waals surface area contributed by atoms with Crippen molar-refractivity contribution >= 4 is 34.3 Å². The van der Waals surface area contributed by atoms with Crippen molar-refractivity contribution in [3.63, 3.8) is 0 Å². The Morgan fingerprint density at radius 3 is 2.81 bits per heavy atom. The Morgan fingerprint density at radius 2 is 2.19 bits per heavy atom. The third-order valence-corrected chi connectivity index (χ3v) is 3.95. The van der Waals surface area contributed by atoms with Crippen molar-refractivity contribution in [3.05, 3.63) is 11.1 Å². The molecule has 1 aliphatic heterocycles. The fraction of sp³-hybridized carbons (Fsp3) is 0.500. The number of thiazole rings is 1. The molecule has 2 atom stereocenters.